The standard InChI is InChI=1S/C23H31F3N4O4S/c1-13(2)19(20(27)31)28-21(29-22-10-14-7-15(11-22)9-16(8-14)12-22)30-35(32,33)18-5-3-17(4-6-18)34-23(24,25)26/h3-6,13-16,19H,7-12H2,1-2H3,(H2,27,31)(H2,28,29,30). The lowest BCUT2D eigenvalue weighted by atomic mass is 9.53. The highest BCUT2D eigenvalue weighted by atomic mass is 32.2. The molecule has 0 radical (unpaired) electrons. The van der Waals surface area contributed by atoms with Crippen molar-refractivity contribution in [3.05, 3.63) is 24.3 Å². The molecule has 12 heteroatoms. The van der Waals surface area contributed by atoms with Gasteiger partial charge in [-0.3, -0.25) is 4.79 Å². The van der Waals surface area contributed by atoms with Gasteiger partial charge in [-0.25, -0.2) is 18.1 Å². The first kappa shape index (κ1) is 25.6. The smallest absolute Gasteiger partial charge is 0.406 e. The van der Waals surface area contributed by atoms with Gasteiger partial charge >= 0.3 is 6.36 Å². The molecule has 4 N–H and O–H groups in total. The first-order chi connectivity index (χ1) is 16.2. The van der Waals surface area contributed by atoms with E-state index in [-0.39, 0.29) is 22.3 Å². The highest BCUT2D eigenvalue weighted by Gasteiger charge is 2.51. The number of nitrogens with two attached hydrogens (primary N) is 1. The molecule has 0 heterocycles. The number of ether oxygens (including phenoxy) is 1. The number of nitrogens with zero attached hydrogens (tertiary/aromatic N) is 1. The third-order valence-corrected chi connectivity index (χ3v) is 8.57. The summed E-state index contributed by atoms with van der Waals surface area (Å²) >= 11 is 0. The van der Waals surface area contributed by atoms with Gasteiger partial charge in [-0.15, -0.1) is 13.2 Å². The zero-order valence-corrected chi connectivity index (χ0v) is 20.5. The van der Waals surface area contributed by atoms with E-state index in [4.69, 9.17) is 5.73 Å². The summed E-state index contributed by atoms with van der Waals surface area (Å²) in [6.45, 7) is 3.52. The third kappa shape index (κ3) is 6.02. The number of hydrogen-bond acceptors (Lipinski definition) is 5. The van der Waals surface area contributed by atoms with Crippen LogP contribution in [0.2, 0.25) is 0 Å². The zero-order chi connectivity index (χ0) is 25.6. The Balaban J connectivity index is 1.61. The topological polar surface area (TPSA) is 123 Å². The van der Waals surface area contributed by atoms with Gasteiger partial charge in [-0.05, 0) is 86.5 Å². The van der Waals surface area contributed by atoms with E-state index < -0.39 is 34.1 Å². The Morgan fingerprint density at radius 3 is 2.03 bits per heavy atom. The molecule has 35 heavy (non-hydrogen) atoms. The van der Waals surface area contributed by atoms with Crippen molar-refractivity contribution in [3.8, 4) is 5.75 Å². The normalized spacial score (nSPS) is 29.2. The van der Waals surface area contributed by atoms with Crippen LogP contribution in [0.25, 0.3) is 0 Å². The third-order valence-electron chi connectivity index (χ3n) is 7.21. The van der Waals surface area contributed by atoms with Crippen molar-refractivity contribution in [2.45, 2.75) is 75.2 Å². The quantitative estimate of drug-likeness (QED) is 0.379. The van der Waals surface area contributed by atoms with E-state index in [1.54, 1.807) is 13.8 Å². The van der Waals surface area contributed by atoms with Crippen molar-refractivity contribution in [2.24, 2.45) is 34.4 Å². The SMILES string of the molecule is CC(C)C(N=C(NC12CC3CC(CC(C3)C1)C2)NS(=O)(=O)c1ccc(OC(F)(F)F)cc1)C(N)=O. The molecule has 4 aliphatic carbocycles. The lowest BCUT2D eigenvalue weighted by molar-refractivity contribution is -0.274. The van der Waals surface area contributed by atoms with Crippen LogP contribution in [0.1, 0.15) is 52.4 Å². The van der Waals surface area contributed by atoms with Crippen molar-refractivity contribution in [3.63, 3.8) is 0 Å². The number of alkyl halides is 3. The van der Waals surface area contributed by atoms with Gasteiger partial charge in [-0.1, -0.05) is 13.8 Å². The molecule has 1 aromatic carbocycles. The molecule has 1 atom stereocenters. The van der Waals surface area contributed by atoms with Crippen LogP contribution >= 0.6 is 0 Å². The predicted octanol–water partition coefficient (Wildman–Crippen LogP) is 3.29. The Kier molecular flexibility index (Phi) is 6.71. The molecule has 5 rings (SSSR count). The van der Waals surface area contributed by atoms with Crippen LogP contribution in [0.3, 0.4) is 0 Å². The Labute approximate surface area is 202 Å². The maximum atomic E-state index is 13.1. The molecule has 4 saturated carbocycles. The lowest BCUT2D eigenvalue weighted by Crippen LogP contribution is -2.62. The molecule has 4 aliphatic rings. The molecule has 1 unspecified atom stereocenters. The fourth-order valence-electron chi connectivity index (χ4n) is 6.29. The van der Waals surface area contributed by atoms with Gasteiger partial charge in [0.2, 0.25) is 11.9 Å². The van der Waals surface area contributed by atoms with Crippen LogP contribution in [-0.4, -0.2) is 38.2 Å². The Morgan fingerprint density at radius 1 is 1.09 bits per heavy atom. The van der Waals surface area contributed by atoms with Crippen molar-refractivity contribution in [1.82, 2.24) is 10.0 Å². The summed E-state index contributed by atoms with van der Waals surface area (Å²) in [5, 5.41) is 3.35. The Hall–Kier alpha value is -2.50. The minimum absolute atomic E-state index is 0.0694. The minimum atomic E-state index is -4.89. The van der Waals surface area contributed by atoms with Gasteiger partial charge in [0.25, 0.3) is 10.0 Å². The van der Waals surface area contributed by atoms with Crippen molar-refractivity contribution < 1.29 is 31.1 Å². The van der Waals surface area contributed by atoms with E-state index in [9.17, 15) is 26.4 Å². The second-order valence-corrected chi connectivity index (χ2v) is 12.2. The second-order valence-electron chi connectivity index (χ2n) is 10.5. The fourth-order valence-corrected chi connectivity index (χ4v) is 7.26. The van der Waals surface area contributed by atoms with Crippen LogP contribution in [0, 0.1) is 23.7 Å². The highest BCUT2D eigenvalue weighted by molar-refractivity contribution is 7.90. The molecule has 0 aromatic heterocycles. The summed E-state index contributed by atoms with van der Waals surface area (Å²) in [6, 6.07) is 2.91. The highest BCUT2D eigenvalue weighted by Crippen LogP contribution is 2.55. The van der Waals surface area contributed by atoms with Gasteiger partial charge in [0, 0.05) is 5.54 Å². The number of carbonyl (C=O) groups is 1. The van der Waals surface area contributed by atoms with Crippen LogP contribution in [-0.2, 0) is 14.8 Å². The Morgan fingerprint density at radius 2 is 1.60 bits per heavy atom. The van der Waals surface area contributed by atoms with E-state index in [0.29, 0.717) is 17.8 Å². The number of guanidine groups is 1. The van der Waals surface area contributed by atoms with Gasteiger partial charge in [-0.2, -0.15) is 0 Å². The molecule has 1 amide bonds. The summed E-state index contributed by atoms with van der Waals surface area (Å²) in [7, 11) is -4.23. The summed E-state index contributed by atoms with van der Waals surface area (Å²) < 4.78 is 69.8. The molecule has 194 valence electrons. The minimum Gasteiger partial charge on any atom is -0.406 e. The number of carbonyl (C=O) groups excluding carboxylic acids is 1. The van der Waals surface area contributed by atoms with E-state index in [1.165, 1.54) is 19.3 Å². The van der Waals surface area contributed by atoms with Crippen LogP contribution in [0.4, 0.5) is 13.2 Å². The van der Waals surface area contributed by atoms with Gasteiger partial charge in [0.1, 0.15) is 11.8 Å². The van der Waals surface area contributed by atoms with Gasteiger partial charge < -0.3 is 15.8 Å². The summed E-state index contributed by atoms with van der Waals surface area (Å²) in [5.74, 6) is 0.159. The number of aliphatic imine (C=N–C) groups is 1. The fraction of sp³-hybridized carbons (Fsp3) is 0.652. The number of amides is 1. The van der Waals surface area contributed by atoms with Crippen LogP contribution in [0.5, 0.6) is 5.75 Å². The number of sulfonamides is 1. The monoisotopic (exact) mass is 516 g/mol. The molecule has 4 bridgehead atoms. The summed E-state index contributed by atoms with van der Waals surface area (Å²) in [6.07, 6.45) is 1.34. The van der Waals surface area contributed by atoms with E-state index in [0.717, 1.165) is 43.5 Å². The molecule has 0 spiro atoms. The Bertz CT molecular complexity index is 1050. The first-order valence-corrected chi connectivity index (χ1v) is 13.3. The number of rotatable bonds is 7. The molecule has 8 nitrogen and oxygen atoms in total. The van der Waals surface area contributed by atoms with Gasteiger partial charge in [0.05, 0.1) is 4.90 Å². The van der Waals surface area contributed by atoms with Crippen molar-refractivity contribution in [2.75, 3.05) is 0 Å². The first-order valence-electron chi connectivity index (χ1n) is 11.8. The summed E-state index contributed by atoms with van der Waals surface area (Å²) in [4.78, 5) is 16.2. The predicted molar refractivity (Wildman–Crippen MR) is 123 cm³/mol. The second kappa shape index (κ2) is 9.18. The number of nitrogens with one attached hydrogen (secondary N) is 2. The number of benzene rings is 1. The van der Waals surface area contributed by atoms with Crippen LogP contribution in [0.15, 0.2) is 34.2 Å². The maximum absolute atomic E-state index is 13.1. The summed E-state index contributed by atoms with van der Waals surface area (Å²) in [5.41, 5.74) is 5.21. The maximum Gasteiger partial charge on any atom is 0.573 e. The molecule has 1 aromatic rings. The average Bonchev–Trinajstić information content (AvgIpc) is 2.69. The molecule has 0 aliphatic heterocycles. The number of primary amides is 1. The molecular weight excluding hydrogens is 485 g/mol. The lowest BCUT2D eigenvalue weighted by Gasteiger charge is -2.57. The average molecular weight is 517 g/mol. The zero-order valence-electron chi connectivity index (χ0n) is 19.6. The largest absolute Gasteiger partial charge is 0.573 e. The van der Waals surface area contributed by atoms with Crippen molar-refractivity contribution in [1.29, 1.82) is 0 Å². The molecule has 4 fully saturated rings. The number of halogens is 3. The van der Waals surface area contributed by atoms with Crippen LogP contribution < -0.4 is 20.5 Å². The van der Waals surface area contributed by atoms with Gasteiger partial charge in [0.15, 0.2) is 0 Å². The number of hydrogen-bond donors (Lipinski definition) is 3. The molecule has 0 saturated heterocycles. The van der Waals surface area contributed by atoms with Crippen molar-refractivity contribution >= 4 is 21.9 Å². The van der Waals surface area contributed by atoms with E-state index >= 15 is 0 Å². The van der Waals surface area contributed by atoms with E-state index in [2.05, 4.69) is 19.8 Å². The van der Waals surface area contributed by atoms with E-state index in [1.807, 2.05) is 0 Å². The molecular formula is C23H31F3N4O4S.